The summed E-state index contributed by atoms with van der Waals surface area (Å²) in [5.74, 6) is 1.03. The fourth-order valence-electron chi connectivity index (χ4n) is 2.09. The number of aromatic nitrogens is 6. The summed E-state index contributed by atoms with van der Waals surface area (Å²) in [4.78, 5) is 20.6. The van der Waals surface area contributed by atoms with Crippen LogP contribution in [0.2, 0.25) is 0 Å². The number of hydrogen-bond donors (Lipinski definition) is 2. The molecule has 0 saturated carbocycles. The van der Waals surface area contributed by atoms with Gasteiger partial charge < -0.3 is 5.32 Å². The number of nitrogens with one attached hydrogen (secondary N) is 2. The molecule has 112 valence electrons. The molecule has 2 heterocycles. The predicted molar refractivity (Wildman–Crippen MR) is 78.4 cm³/mol. The molecule has 3 aromatic rings. The summed E-state index contributed by atoms with van der Waals surface area (Å²) in [5.41, 5.74) is 1.17. The van der Waals surface area contributed by atoms with Crippen molar-refractivity contribution in [3.63, 3.8) is 0 Å². The first kappa shape index (κ1) is 13.9. The molecular weight excluding hydrogens is 282 g/mol. The van der Waals surface area contributed by atoms with Gasteiger partial charge in [0.15, 0.2) is 5.82 Å². The van der Waals surface area contributed by atoms with E-state index in [0.717, 1.165) is 0 Å². The largest absolute Gasteiger partial charge is 0.342 e. The smallest absolute Gasteiger partial charge is 0.254 e. The van der Waals surface area contributed by atoms with Crippen LogP contribution in [0.1, 0.15) is 35.0 Å². The van der Waals surface area contributed by atoms with Crippen LogP contribution >= 0.6 is 0 Å². The molecule has 2 aromatic heterocycles. The van der Waals surface area contributed by atoms with Crippen LogP contribution < -0.4 is 5.32 Å². The molecule has 1 aromatic carbocycles. The Bertz CT molecular complexity index is 778. The fourth-order valence-corrected chi connectivity index (χ4v) is 2.09. The normalized spacial score (nSPS) is 12.1. The van der Waals surface area contributed by atoms with Crippen molar-refractivity contribution in [2.45, 2.75) is 19.9 Å². The highest BCUT2D eigenvalue weighted by atomic mass is 16.1. The van der Waals surface area contributed by atoms with E-state index in [4.69, 9.17) is 0 Å². The van der Waals surface area contributed by atoms with Crippen molar-refractivity contribution < 1.29 is 4.79 Å². The number of rotatable bonds is 4. The summed E-state index contributed by atoms with van der Waals surface area (Å²) in [7, 11) is 0. The molecule has 0 bridgehead atoms. The zero-order valence-corrected chi connectivity index (χ0v) is 12.2. The maximum Gasteiger partial charge on any atom is 0.254 e. The molecule has 0 aliphatic heterocycles. The number of amides is 1. The van der Waals surface area contributed by atoms with Crippen molar-refractivity contribution in [2.75, 3.05) is 0 Å². The summed E-state index contributed by atoms with van der Waals surface area (Å²) in [6.07, 6.45) is 2.97. The Kier molecular flexibility index (Phi) is 3.65. The van der Waals surface area contributed by atoms with E-state index in [1.165, 1.54) is 6.33 Å². The number of benzene rings is 1. The van der Waals surface area contributed by atoms with Crippen molar-refractivity contribution in [3.8, 4) is 5.69 Å². The molecule has 0 saturated heterocycles. The summed E-state index contributed by atoms with van der Waals surface area (Å²) < 4.78 is 1.55. The molecule has 1 amide bonds. The van der Waals surface area contributed by atoms with Gasteiger partial charge in [0.1, 0.15) is 18.5 Å². The van der Waals surface area contributed by atoms with Crippen molar-refractivity contribution >= 4 is 5.91 Å². The van der Waals surface area contributed by atoms with Crippen LogP contribution in [-0.2, 0) is 0 Å². The molecule has 22 heavy (non-hydrogen) atoms. The van der Waals surface area contributed by atoms with Crippen LogP contribution in [0, 0.1) is 6.92 Å². The molecular formula is C14H15N7O. The van der Waals surface area contributed by atoms with Crippen LogP contribution in [-0.4, -0.2) is 35.9 Å². The zero-order valence-electron chi connectivity index (χ0n) is 12.2. The minimum atomic E-state index is -0.304. The van der Waals surface area contributed by atoms with Crippen LogP contribution in [0.4, 0.5) is 0 Å². The highest BCUT2D eigenvalue weighted by Gasteiger charge is 2.18. The van der Waals surface area contributed by atoms with E-state index < -0.39 is 0 Å². The molecule has 0 spiro atoms. The van der Waals surface area contributed by atoms with Gasteiger partial charge in [0.05, 0.1) is 17.3 Å². The Balaban J connectivity index is 1.84. The lowest BCUT2D eigenvalue weighted by atomic mass is 10.1. The number of aromatic amines is 1. The molecule has 1 atom stereocenters. The topological polar surface area (TPSA) is 101 Å². The lowest BCUT2D eigenvalue weighted by Crippen LogP contribution is -2.28. The minimum Gasteiger partial charge on any atom is -0.342 e. The zero-order chi connectivity index (χ0) is 15.5. The van der Waals surface area contributed by atoms with Crippen molar-refractivity contribution in [1.82, 2.24) is 35.3 Å². The predicted octanol–water partition coefficient (Wildman–Crippen LogP) is 1.18. The molecule has 0 unspecified atom stereocenters. The Hall–Kier alpha value is -3.03. The van der Waals surface area contributed by atoms with Crippen LogP contribution in [0.5, 0.6) is 0 Å². The van der Waals surface area contributed by atoms with Crippen LogP contribution in [0.3, 0.4) is 0 Å². The molecule has 0 radical (unpaired) electrons. The first-order chi connectivity index (χ1) is 10.6. The van der Waals surface area contributed by atoms with Gasteiger partial charge in [-0.05, 0) is 26.0 Å². The van der Waals surface area contributed by atoms with Gasteiger partial charge in [-0.2, -0.15) is 10.2 Å². The Morgan fingerprint density at radius 2 is 2.18 bits per heavy atom. The lowest BCUT2D eigenvalue weighted by molar-refractivity contribution is 0.0938. The number of para-hydroxylation sites is 1. The van der Waals surface area contributed by atoms with Gasteiger partial charge in [0.2, 0.25) is 0 Å². The van der Waals surface area contributed by atoms with E-state index in [-0.39, 0.29) is 11.9 Å². The van der Waals surface area contributed by atoms with Gasteiger partial charge in [-0.3, -0.25) is 9.89 Å². The Morgan fingerprint density at radius 1 is 1.36 bits per heavy atom. The number of nitrogens with zero attached hydrogens (tertiary/aromatic N) is 5. The third kappa shape index (κ3) is 2.71. The van der Waals surface area contributed by atoms with Crippen molar-refractivity contribution in [2.24, 2.45) is 0 Å². The molecule has 8 nitrogen and oxygen atoms in total. The van der Waals surface area contributed by atoms with E-state index >= 15 is 0 Å². The van der Waals surface area contributed by atoms with Crippen LogP contribution in [0.15, 0.2) is 36.9 Å². The molecule has 2 N–H and O–H groups in total. The molecule has 8 heteroatoms. The maximum absolute atomic E-state index is 12.5. The quantitative estimate of drug-likeness (QED) is 0.753. The summed E-state index contributed by atoms with van der Waals surface area (Å²) >= 11 is 0. The van der Waals surface area contributed by atoms with Gasteiger partial charge in [0.25, 0.3) is 5.91 Å². The second-order valence-corrected chi connectivity index (χ2v) is 4.83. The van der Waals surface area contributed by atoms with Gasteiger partial charge in [0, 0.05) is 0 Å². The average molecular weight is 297 g/mol. The number of carbonyl (C=O) groups is 1. The van der Waals surface area contributed by atoms with E-state index in [1.807, 2.05) is 26.0 Å². The Morgan fingerprint density at radius 3 is 2.86 bits per heavy atom. The maximum atomic E-state index is 12.5. The van der Waals surface area contributed by atoms with Crippen LogP contribution in [0.25, 0.3) is 5.69 Å². The number of aryl methyl sites for hydroxylation is 1. The summed E-state index contributed by atoms with van der Waals surface area (Å²) in [6, 6.07) is 6.89. The van der Waals surface area contributed by atoms with Crippen molar-refractivity contribution in [1.29, 1.82) is 0 Å². The first-order valence-electron chi connectivity index (χ1n) is 6.79. The fraction of sp³-hybridized carbons (Fsp3) is 0.214. The number of carbonyl (C=O) groups excluding carboxylic acids is 1. The standard InChI is InChI=1S/C14H15N7O/c1-9(13-18-10(2)19-20-13)17-14(22)11-5-3-4-6-12(11)21-8-15-7-16-21/h3-9H,1-2H3,(H,17,22)(H,18,19,20)/t9-/m0/s1. The first-order valence-corrected chi connectivity index (χ1v) is 6.79. The van der Waals surface area contributed by atoms with Gasteiger partial charge >= 0.3 is 0 Å². The van der Waals surface area contributed by atoms with E-state index in [9.17, 15) is 4.79 Å². The van der Waals surface area contributed by atoms with Gasteiger partial charge in [-0.1, -0.05) is 12.1 Å². The van der Waals surface area contributed by atoms with Gasteiger partial charge in [-0.25, -0.2) is 14.6 Å². The molecule has 3 rings (SSSR count). The van der Waals surface area contributed by atoms with Crippen molar-refractivity contribution in [3.05, 3.63) is 54.1 Å². The molecule has 0 aliphatic carbocycles. The van der Waals surface area contributed by atoms with E-state index in [0.29, 0.717) is 22.9 Å². The lowest BCUT2D eigenvalue weighted by Gasteiger charge is -2.13. The SMILES string of the molecule is Cc1nc([C@H](C)NC(=O)c2ccccc2-n2cncn2)n[nH]1. The Labute approximate surface area is 126 Å². The second-order valence-electron chi connectivity index (χ2n) is 4.83. The van der Waals surface area contributed by atoms with E-state index in [2.05, 4.69) is 30.6 Å². The molecule has 0 fully saturated rings. The average Bonchev–Trinajstić information content (AvgIpc) is 3.18. The number of hydrogen-bond acceptors (Lipinski definition) is 5. The third-order valence-electron chi connectivity index (χ3n) is 3.16. The third-order valence-corrected chi connectivity index (χ3v) is 3.16. The highest BCUT2D eigenvalue weighted by molar-refractivity contribution is 5.97. The van der Waals surface area contributed by atoms with E-state index in [1.54, 1.807) is 23.1 Å². The van der Waals surface area contributed by atoms with Gasteiger partial charge in [-0.15, -0.1) is 0 Å². The number of H-pyrrole nitrogens is 1. The highest BCUT2D eigenvalue weighted by Crippen LogP contribution is 2.15. The summed E-state index contributed by atoms with van der Waals surface area (Å²) in [5, 5.41) is 13.8. The summed E-state index contributed by atoms with van der Waals surface area (Å²) in [6.45, 7) is 3.64. The second kappa shape index (κ2) is 5.76. The molecule has 0 aliphatic rings. The monoisotopic (exact) mass is 297 g/mol. The minimum absolute atomic E-state index is 0.221.